The minimum absolute atomic E-state index is 0.652. The van der Waals surface area contributed by atoms with E-state index in [0.29, 0.717) is 12.5 Å². The Balaban J connectivity index is 2.46. The molecule has 0 aromatic carbocycles. The minimum atomic E-state index is 0.652. The van der Waals surface area contributed by atoms with E-state index in [1.54, 1.807) is 0 Å². The predicted molar refractivity (Wildman–Crippen MR) is 74.2 cm³/mol. The van der Waals surface area contributed by atoms with Crippen LogP contribution in [0.2, 0.25) is 0 Å². The molecule has 5 heteroatoms. The minimum Gasteiger partial charge on any atom is -0.478 e. The molecule has 102 valence electrons. The van der Waals surface area contributed by atoms with E-state index in [1.807, 2.05) is 13.0 Å². The van der Waals surface area contributed by atoms with Gasteiger partial charge in [-0.3, -0.25) is 0 Å². The van der Waals surface area contributed by atoms with E-state index >= 15 is 0 Å². The molecule has 0 amide bonds. The number of aryl methyl sites for hydroxylation is 1. The largest absolute Gasteiger partial charge is 0.478 e. The molecule has 0 aliphatic carbocycles. The lowest BCUT2D eigenvalue weighted by Crippen LogP contribution is -2.16. The van der Waals surface area contributed by atoms with Crippen LogP contribution in [0.25, 0.3) is 0 Å². The molecule has 0 saturated heterocycles. The molecule has 0 spiro atoms. The lowest BCUT2D eigenvalue weighted by atomic mass is 10.4. The SMILES string of the molecule is CCCOc1cc(NCCCN(C)C)nc(C)n1. The van der Waals surface area contributed by atoms with Gasteiger partial charge in [0.05, 0.1) is 6.61 Å². The quantitative estimate of drug-likeness (QED) is 0.717. The standard InChI is InChI=1S/C13H24N4O/c1-5-9-18-13-10-12(15-11(2)16-13)14-7-6-8-17(3)4/h10H,5-9H2,1-4H3,(H,14,15,16). The van der Waals surface area contributed by atoms with Crippen molar-refractivity contribution in [1.82, 2.24) is 14.9 Å². The number of hydrogen-bond acceptors (Lipinski definition) is 5. The smallest absolute Gasteiger partial charge is 0.218 e. The van der Waals surface area contributed by atoms with Gasteiger partial charge in [-0.15, -0.1) is 0 Å². The first-order valence-corrected chi connectivity index (χ1v) is 6.49. The zero-order valence-corrected chi connectivity index (χ0v) is 11.9. The highest BCUT2D eigenvalue weighted by molar-refractivity contribution is 5.38. The highest BCUT2D eigenvalue weighted by atomic mass is 16.5. The van der Waals surface area contributed by atoms with Crippen molar-refractivity contribution in [3.8, 4) is 5.88 Å². The molecule has 1 rings (SSSR count). The fourth-order valence-electron chi connectivity index (χ4n) is 1.52. The second-order valence-electron chi connectivity index (χ2n) is 4.57. The van der Waals surface area contributed by atoms with Crippen molar-refractivity contribution in [3.05, 3.63) is 11.9 Å². The normalized spacial score (nSPS) is 10.7. The first-order chi connectivity index (χ1) is 8.61. The van der Waals surface area contributed by atoms with Crippen LogP contribution in [0.1, 0.15) is 25.6 Å². The summed E-state index contributed by atoms with van der Waals surface area (Å²) < 4.78 is 5.52. The molecule has 1 aromatic rings. The molecule has 0 bridgehead atoms. The summed E-state index contributed by atoms with van der Waals surface area (Å²) >= 11 is 0. The summed E-state index contributed by atoms with van der Waals surface area (Å²) in [4.78, 5) is 10.8. The number of rotatable bonds is 8. The van der Waals surface area contributed by atoms with Crippen molar-refractivity contribution in [2.24, 2.45) is 0 Å². The van der Waals surface area contributed by atoms with Gasteiger partial charge >= 0.3 is 0 Å². The van der Waals surface area contributed by atoms with Crippen molar-refractivity contribution < 1.29 is 4.74 Å². The summed E-state index contributed by atoms with van der Waals surface area (Å²) in [6.45, 7) is 6.62. The zero-order chi connectivity index (χ0) is 13.4. The second kappa shape index (κ2) is 7.87. The van der Waals surface area contributed by atoms with Crippen molar-refractivity contribution in [2.45, 2.75) is 26.7 Å². The van der Waals surface area contributed by atoms with Crippen LogP contribution in [-0.2, 0) is 0 Å². The van der Waals surface area contributed by atoms with Crippen LogP contribution in [0.3, 0.4) is 0 Å². The Kier molecular flexibility index (Phi) is 6.43. The first kappa shape index (κ1) is 14.7. The maximum atomic E-state index is 5.52. The molecule has 5 nitrogen and oxygen atoms in total. The second-order valence-corrected chi connectivity index (χ2v) is 4.57. The van der Waals surface area contributed by atoms with Crippen LogP contribution in [0.4, 0.5) is 5.82 Å². The third kappa shape index (κ3) is 5.82. The monoisotopic (exact) mass is 252 g/mol. The molecule has 1 aromatic heterocycles. The van der Waals surface area contributed by atoms with E-state index in [0.717, 1.165) is 37.6 Å². The lowest BCUT2D eigenvalue weighted by molar-refractivity contribution is 0.304. The third-order valence-electron chi connectivity index (χ3n) is 2.36. The Labute approximate surface area is 110 Å². The van der Waals surface area contributed by atoms with Crippen LogP contribution in [0, 0.1) is 6.92 Å². The van der Waals surface area contributed by atoms with Crippen molar-refractivity contribution in [3.63, 3.8) is 0 Å². The van der Waals surface area contributed by atoms with Crippen LogP contribution >= 0.6 is 0 Å². The summed E-state index contributed by atoms with van der Waals surface area (Å²) in [6.07, 6.45) is 2.07. The Morgan fingerprint density at radius 2 is 2.11 bits per heavy atom. The highest BCUT2D eigenvalue weighted by Gasteiger charge is 2.02. The molecule has 0 aliphatic rings. The lowest BCUT2D eigenvalue weighted by Gasteiger charge is -2.11. The molecule has 0 radical (unpaired) electrons. The summed E-state index contributed by atoms with van der Waals surface area (Å²) in [6, 6.07) is 1.86. The van der Waals surface area contributed by atoms with Gasteiger partial charge in [0, 0.05) is 12.6 Å². The Morgan fingerprint density at radius 3 is 2.78 bits per heavy atom. The van der Waals surface area contributed by atoms with E-state index in [4.69, 9.17) is 4.74 Å². The van der Waals surface area contributed by atoms with Crippen LogP contribution in [-0.4, -0.2) is 48.7 Å². The maximum Gasteiger partial charge on any atom is 0.218 e. The van der Waals surface area contributed by atoms with Crippen molar-refractivity contribution in [1.29, 1.82) is 0 Å². The van der Waals surface area contributed by atoms with E-state index in [-0.39, 0.29) is 0 Å². The molecule has 18 heavy (non-hydrogen) atoms. The fraction of sp³-hybridized carbons (Fsp3) is 0.692. The van der Waals surface area contributed by atoms with Gasteiger partial charge in [0.15, 0.2) is 0 Å². The van der Waals surface area contributed by atoms with Gasteiger partial charge in [-0.1, -0.05) is 6.92 Å². The summed E-state index contributed by atoms with van der Waals surface area (Å²) in [5.41, 5.74) is 0. The van der Waals surface area contributed by atoms with Crippen LogP contribution in [0.15, 0.2) is 6.07 Å². The van der Waals surface area contributed by atoms with E-state index < -0.39 is 0 Å². The molecule has 1 N–H and O–H groups in total. The van der Waals surface area contributed by atoms with Gasteiger partial charge in [0.2, 0.25) is 5.88 Å². The van der Waals surface area contributed by atoms with Crippen molar-refractivity contribution >= 4 is 5.82 Å². The molecule has 0 atom stereocenters. The fourth-order valence-corrected chi connectivity index (χ4v) is 1.52. The van der Waals surface area contributed by atoms with Gasteiger partial charge in [-0.25, -0.2) is 4.98 Å². The topological polar surface area (TPSA) is 50.3 Å². The predicted octanol–water partition coefficient (Wildman–Crippen LogP) is 1.94. The summed E-state index contributed by atoms with van der Waals surface area (Å²) in [5, 5.41) is 3.30. The summed E-state index contributed by atoms with van der Waals surface area (Å²) in [5.74, 6) is 2.23. The Morgan fingerprint density at radius 1 is 1.33 bits per heavy atom. The number of ether oxygens (including phenoxy) is 1. The summed E-state index contributed by atoms with van der Waals surface area (Å²) in [7, 11) is 4.15. The molecule has 0 saturated carbocycles. The molecule has 1 heterocycles. The first-order valence-electron chi connectivity index (χ1n) is 6.49. The molecular formula is C13H24N4O. The van der Waals surface area contributed by atoms with Gasteiger partial charge in [-0.05, 0) is 40.4 Å². The van der Waals surface area contributed by atoms with Gasteiger partial charge in [-0.2, -0.15) is 4.98 Å². The van der Waals surface area contributed by atoms with Gasteiger partial charge < -0.3 is 15.0 Å². The van der Waals surface area contributed by atoms with Gasteiger partial charge in [0.1, 0.15) is 11.6 Å². The number of hydrogen-bond donors (Lipinski definition) is 1. The number of anilines is 1. The highest BCUT2D eigenvalue weighted by Crippen LogP contribution is 2.13. The average Bonchev–Trinajstić information content (AvgIpc) is 2.31. The van der Waals surface area contributed by atoms with E-state index in [2.05, 4.69) is 41.2 Å². The molecule has 0 fully saturated rings. The third-order valence-corrected chi connectivity index (χ3v) is 2.36. The van der Waals surface area contributed by atoms with Gasteiger partial charge in [0.25, 0.3) is 0 Å². The van der Waals surface area contributed by atoms with E-state index in [1.165, 1.54) is 0 Å². The Hall–Kier alpha value is -1.36. The van der Waals surface area contributed by atoms with E-state index in [9.17, 15) is 0 Å². The number of nitrogens with one attached hydrogen (secondary N) is 1. The molecule has 0 aliphatic heterocycles. The maximum absolute atomic E-state index is 5.52. The molecule has 0 unspecified atom stereocenters. The molecular weight excluding hydrogens is 228 g/mol. The van der Waals surface area contributed by atoms with Crippen molar-refractivity contribution in [2.75, 3.05) is 39.1 Å². The zero-order valence-electron chi connectivity index (χ0n) is 11.9. The number of aromatic nitrogens is 2. The Bertz CT molecular complexity index is 355. The number of nitrogens with zero attached hydrogens (tertiary/aromatic N) is 3. The van der Waals surface area contributed by atoms with Crippen LogP contribution < -0.4 is 10.1 Å². The average molecular weight is 252 g/mol. The van der Waals surface area contributed by atoms with Crippen LogP contribution in [0.5, 0.6) is 5.88 Å².